The molecule has 1 N–H and O–H groups in total. The van der Waals surface area contributed by atoms with Gasteiger partial charge >= 0.3 is 6.03 Å². The molecule has 0 bridgehead atoms. The van der Waals surface area contributed by atoms with Crippen molar-refractivity contribution < 1.29 is 14.4 Å². The van der Waals surface area contributed by atoms with Crippen molar-refractivity contribution in [2.45, 2.75) is 45.7 Å². The van der Waals surface area contributed by atoms with Crippen LogP contribution in [0.4, 0.5) is 4.79 Å². The Hall–Kier alpha value is -2.25. The Balaban J connectivity index is 1.64. The molecule has 1 aromatic carbocycles. The first-order valence-electron chi connectivity index (χ1n) is 11.1. The zero-order chi connectivity index (χ0) is 23.2. The normalized spacial score (nSPS) is 22.9. The van der Waals surface area contributed by atoms with Crippen LogP contribution in [0.3, 0.4) is 0 Å². The van der Waals surface area contributed by atoms with Crippen molar-refractivity contribution in [2.75, 3.05) is 26.2 Å². The quantitative estimate of drug-likeness (QED) is 0.714. The van der Waals surface area contributed by atoms with Crippen LogP contribution in [0.2, 0.25) is 10.0 Å². The van der Waals surface area contributed by atoms with Crippen LogP contribution in [0.5, 0.6) is 0 Å². The fraction of sp³-hybridized carbons (Fsp3) is 0.522. The molecule has 3 aliphatic heterocycles. The number of hydrogen-bond acceptors (Lipinski definition) is 3. The van der Waals surface area contributed by atoms with Crippen LogP contribution in [0.15, 0.2) is 29.5 Å². The second-order valence-electron chi connectivity index (χ2n) is 8.77. The van der Waals surface area contributed by atoms with Crippen LogP contribution < -0.4 is 5.32 Å². The highest BCUT2D eigenvalue weighted by atomic mass is 35.5. The molecule has 3 heterocycles. The monoisotopic (exact) mass is 478 g/mol. The highest BCUT2D eigenvalue weighted by molar-refractivity contribution is 6.35. The lowest BCUT2D eigenvalue weighted by atomic mass is 9.95. The average molecular weight is 479 g/mol. The predicted molar refractivity (Wildman–Crippen MR) is 123 cm³/mol. The van der Waals surface area contributed by atoms with Crippen LogP contribution in [0.25, 0.3) is 0 Å². The Morgan fingerprint density at radius 1 is 1.22 bits per heavy atom. The predicted octanol–water partition coefficient (Wildman–Crippen LogP) is 3.82. The van der Waals surface area contributed by atoms with Crippen molar-refractivity contribution in [3.63, 3.8) is 0 Å². The Labute approximate surface area is 198 Å². The van der Waals surface area contributed by atoms with Crippen molar-refractivity contribution >= 4 is 41.0 Å². The molecule has 4 rings (SSSR count). The van der Waals surface area contributed by atoms with E-state index >= 15 is 0 Å². The van der Waals surface area contributed by atoms with Gasteiger partial charge in [0.15, 0.2) is 0 Å². The number of halogens is 2. The molecule has 1 fully saturated rings. The van der Waals surface area contributed by atoms with E-state index in [2.05, 4.69) is 12.2 Å². The Bertz CT molecular complexity index is 987. The maximum absolute atomic E-state index is 13.6. The minimum Gasteiger partial charge on any atom is -0.341 e. The van der Waals surface area contributed by atoms with Gasteiger partial charge in [0.05, 0.1) is 23.9 Å². The molecule has 0 saturated carbocycles. The highest BCUT2D eigenvalue weighted by Crippen LogP contribution is 2.39. The molecule has 1 saturated heterocycles. The maximum atomic E-state index is 13.6. The second-order valence-corrected chi connectivity index (χ2v) is 9.61. The lowest BCUT2D eigenvalue weighted by Crippen LogP contribution is -2.50. The van der Waals surface area contributed by atoms with Crippen LogP contribution in [0, 0.1) is 5.92 Å². The molecule has 9 heteroatoms. The topological polar surface area (TPSA) is 73.0 Å². The van der Waals surface area contributed by atoms with Gasteiger partial charge in [-0.25, -0.2) is 4.79 Å². The summed E-state index contributed by atoms with van der Waals surface area (Å²) in [6.07, 6.45) is 1.95. The molecule has 0 aliphatic carbocycles. The number of nitrogens with one attached hydrogen (secondary N) is 1. The molecular formula is C23H28Cl2N4O3. The van der Waals surface area contributed by atoms with Gasteiger partial charge in [-0.3, -0.25) is 14.5 Å². The number of nitrogens with zero attached hydrogens (tertiary/aromatic N) is 3. The third-order valence-electron chi connectivity index (χ3n) is 6.76. The first kappa shape index (κ1) is 22.9. The third kappa shape index (κ3) is 3.97. The molecule has 4 amide bonds. The number of benzene rings is 1. The van der Waals surface area contributed by atoms with E-state index in [1.165, 1.54) is 0 Å². The minimum atomic E-state index is -0.694. The Morgan fingerprint density at radius 2 is 1.91 bits per heavy atom. The molecule has 0 spiro atoms. The smallest absolute Gasteiger partial charge is 0.322 e. The van der Waals surface area contributed by atoms with E-state index in [0.717, 1.165) is 12.8 Å². The van der Waals surface area contributed by atoms with Gasteiger partial charge in [0.1, 0.15) is 6.04 Å². The summed E-state index contributed by atoms with van der Waals surface area (Å²) in [7, 11) is 0. The van der Waals surface area contributed by atoms with E-state index in [1.807, 2.05) is 11.8 Å². The Kier molecular flexibility index (Phi) is 6.41. The number of rotatable bonds is 4. The van der Waals surface area contributed by atoms with E-state index < -0.39 is 12.1 Å². The summed E-state index contributed by atoms with van der Waals surface area (Å²) in [6.45, 7) is 7.88. The molecule has 172 valence electrons. The zero-order valence-corrected chi connectivity index (χ0v) is 20.0. The second kappa shape index (κ2) is 8.94. The van der Waals surface area contributed by atoms with Crippen LogP contribution >= 0.6 is 23.2 Å². The molecule has 32 heavy (non-hydrogen) atoms. The number of hydrogen-bond donors (Lipinski definition) is 1. The molecule has 2 unspecified atom stereocenters. The molecule has 7 nitrogen and oxygen atoms in total. The van der Waals surface area contributed by atoms with Gasteiger partial charge in [0.25, 0.3) is 5.91 Å². The SMILES string of the molecule is CCN1C(=O)NC(c2ccc(Cl)cc2Cl)C2=C1CN(C(C)C(=O)N1CCC(C)CC1)C2=O. The fourth-order valence-electron chi connectivity index (χ4n) is 4.76. The van der Waals surface area contributed by atoms with Gasteiger partial charge in [0, 0.05) is 29.7 Å². The number of amides is 4. The minimum absolute atomic E-state index is 0.0477. The van der Waals surface area contributed by atoms with Gasteiger partial charge in [-0.1, -0.05) is 36.2 Å². The van der Waals surface area contributed by atoms with E-state index in [9.17, 15) is 14.4 Å². The average Bonchev–Trinajstić information content (AvgIpc) is 3.10. The molecular weight excluding hydrogens is 451 g/mol. The lowest BCUT2D eigenvalue weighted by molar-refractivity contribution is -0.143. The number of likely N-dealkylation sites (N-methyl/N-ethyl adjacent to an activating group) is 1. The van der Waals surface area contributed by atoms with Gasteiger partial charge in [0.2, 0.25) is 5.91 Å². The number of carbonyl (C=O) groups excluding carboxylic acids is 3. The van der Waals surface area contributed by atoms with E-state index in [-0.39, 0.29) is 24.4 Å². The fourth-order valence-corrected chi connectivity index (χ4v) is 5.27. The summed E-state index contributed by atoms with van der Waals surface area (Å²) in [5, 5.41) is 3.76. The van der Waals surface area contributed by atoms with Gasteiger partial charge in [-0.05, 0) is 50.3 Å². The van der Waals surface area contributed by atoms with Crippen molar-refractivity contribution in [3.8, 4) is 0 Å². The summed E-state index contributed by atoms with van der Waals surface area (Å²) in [6, 6.07) is 3.40. The van der Waals surface area contributed by atoms with Gasteiger partial charge < -0.3 is 15.1 Å². The molecule has 3 aliphatic rings. The van der Waals surface area contributed by atoms with Crippen LogP contribution in [-0.2, 0) is 9.59 Å². The number of urea groups is 1. The standard InChI is InChI=1S/C23H28Cl2N4O3/c1-4-28-18-12-29(14(3)21(30)27-9-7-13(2)8-10-27)22(31)19(18)20(26-23(28)32)16-6-5-15(24)11-17(16)25/h5-6,11,13-14,20H,4,7-10,12H2,1-3H3,(H,26,32). The summed E-state index contributed by atoms with van der Waals surface area (Å²) < 4.78 is 0. The molecule has 2 atom stereocenters. The Morgan fingerprint density at radius 3 is 2.53 bits per heavy atom. The molecule has 1 aromatic rings. The first-order valence-corrected chi connectivity index (χ1v) is 11.8. The van der Waals surface area contributed by atoms with Crippen molar-refractivity contribution in [1.82, 2.24) is 20.0 Å². The van der Waals surface area contributed by atoms with E-state index in [4.69, 9.17) is 23.2 Å². The number of carbonyl (C=O) groups is 3. The summed E-state index contributed by atoms with van der Waals surface area (Å²) in [5.74, 6) is 0.311. The maximum Gasteiger partial charge on any atom is 0.322 e. The van der Waals surface area contributed by atoms with E-state index in [0.29, 0.717) is 52.4 Å². The summed E-state index contributed by atoms with van der Waals surface area (Å²) >= 11 is 12.5. The lowest BCUT2D eigenvalue weighted by Gasteiger charge is -2.35. The van der Waals surface area contributed by atoms with E-state index in [1.54, 1.807) is 34.9 Å². The largest absolute Gasteiger partial charge is 0.341 e. The summed E-state index contributed by atoms with van der Waals surface area (Å²) in [5.41, 5.74) is 1.69. The molecule has 0 radical (unpaired) electrons. The van der Waals surface area contributed by atoms with Crippen molar-refractivity contribution in [3.05, 3.63) is 45.1 Å². The number of likely N-dealkylation sites (tertiary alicyclic amines) is 1. The third-order valence-corrected chi connectivity index (χ3v) is 7.32. The molecule has 0 aromatic heterocycles. The zero-order valence-electron chi connectivity index (χ0n) is 18.5. The first-order chi connectivity index (χ1) is 15.2. The van der Waals surface area contributed by atoms with Crippen molar-refractivity contribution in [1.29, 1.82) is 0 Å². The van der Waals surface area contributed by atoms with Gasteiger partial charge in [-0.15, -0.1) is 0 Å². The highest BCUT2D eigenvalue weighted by Gasteiger charge is 2.46. The van der Waals surface area contributed by atoms with Crippen molar-refractivity contribution in [2.24, 2.45) is 5.92 Å². The van der Waals surface area contributed by atoms with Crippen LogP contribution in [0.1, 0.15) is 45.2 Å². The summed E-state index contributed by atoms with van der Waals surface area (Å²) in [4.78, 5) is 44.6. The van der Waals surface area contributed by atoms with Crippen LogP contribution in [-0.4, -0.2) is 64.8 Å². The number of piperidine rings is 1. The van der Waals surface area contributed by atoms with Gasteiger partial charge in [-0.2, -0.15) is 0 Å².